The molecule has 1 aliphatic rings. The number of aromatic hydroxyl groups is 1. The van der Waals surface area contributed by atoms with Crippen LogP contribution in [0.5, 0.6) is 23.0 Å². The van der Waals surface area contributed by atoms with Crippen LogP contribution in [0.15, 0.2) is 46.0 Å². The fourth-order valence-electron chi connectivity index (χ4n) is 2.34. The molecule has 1 aliphatic heterocycles. The third-order valence-electron chi connectivity index (χ3n) is 3.55. The normalized spacial score (nSPS) is 15.7. The molecule has 0 spiro atoms. The van der Waals surface area contributed by atoms with Crippen molar-refractivity contribution in [1.29, 1.82) is 0 Å². The number of nitrogens with zero attached hydrogens (tertiary/aromatic N) is 1. The first kappa shape index (κ1) is 18.1. The van der Waals surface area contributed by atoms with Gasteiger partial charge in [0.25, 0.3) is 5.91 Å². The number of amides is 1. The summed E-state index contributed by atoms with van der Waals surface area (Å²) in [5.41, 5.74) is 2.79. The average Bonchev–Trinajstić information content (AvgIpc) is 2.65. The molecule has 136 valence electrons. The molecule has 0 aromatic heterocycles. The predicted octanol–water partition coefficient (Wildman–Crippen LogP) is 2.84. The van der Waals surface area contributed by atoms with Gasteiger partial charge in [-0.3, -0.25) is 4.79 Å². The zero-order valence-corrected chi connectivity index (χ0v) is 15.5. The van der Waals surface area contributed by atoms with Crippen LogP contribution in [-0.2, 0) is 4.79 Å². The van der Waals surface area contributed by atoms with Crippen molar-refractivity contribution in [2.24, 2.45) is 5.10 Å². The first-order chi connectivity index (χ1) is 12.6. The smallest absolute Gasteiger partial charge is 0.284 e. The number of benzene rings is 2. The van der Waals surface area contributed by atoms with Crippen molar-refractivity contribution in [3.63, 3.8) is 0 Å². The van der Waals surface area contributed by atoms with Crippen LogP contribution < -0.4 is 19.6 Å². The number of carbonyl (C=O) groups is 1. The summed E-state index contributed by atoms with van der Waals surface area (Å²) < 4.78 is 17.2. The molecule has 1 heterocycles. The third-order valence-corrected chi connectivity index (χ3v) is 4.01. The Hall–Kier alpha value is -2.74. The molecule has 0 bridgehead atoms. The van der Waals surface area contributed by atoms with Crippen LogP contribution >= 0.6 is 15.9 Å². The summed E-state index contributed by atoms with van der Waals surface area (Å²) >= 11 is 3.34. The molecular weight excluding hydrogens is 404 g/mol. The van der Waals surface area contributed by atoms with Gasteiger partial charge in [-0.15, -0.1) is 0 Å². The maximum atomic E-state index is 12.2. The van der Waals surface area contributed by atoms with Gasteiger partial charge in [0, 0.05) is 10.0 Å². The Labute approximate surface area is 158 Å². The van der Waals surface area contributed by atoms with Gasteiger partial charge < -0.3 is 19.3 Å². The number of hydrogen-bond acceptors (Lipinski definition) is 6. The monoisotopic (exact) mass is 420 g/mol. The molecular formula is C18H17BrN2O5. The van der Waals surface area contributed by atoms with Crippen LogP contribution in [0.3, 0.4) is 0 Å². The minimum Gasteiger partial charge on any atom is -0.504 e. The summed E-state index contributed by atoms with van der Waals surface area (Å²) in [6.07, 6.45) is 0.523. The Bertz CT molecular complexity index is 840. The number of hydrazone groups is 1. The van der Waals surface area contributed by atoms with E-state index in [1.54, 1.807) is 30.3 Å². The van der Waals surface area contributed by atoms with Crippen molar-refractivity contribution in [1.82, 2.24) is 5.43 Å². The maximum Gasteiger partial charge on any atom is 0.284 e. The highest BCUT2D eigenvalue weighted by atomic mass is 79.9. The number of fused-ring (bicyclic) bond motifs is 1. The molecule has 7 nitrogen and oxygen atoms in total. The lowest BCUT2D eigenvalue weighted by Gasteiger charge is -2.24. The number of rotatable bonds is 5. The maximum absolute atomic E-state index is 12.2. The number of carbonyl (C=O) groups excluding carboxylic acids is 1. The SMILES string of the molecule is CCOc1cc(Br)cc(C=NNC(=O)C2COc3ccccc3O2)c1O. The fourth-order valence-corrected chi connectivity index (χ4v) is 2.80. The van der Waals surface area contributed by atoms with Crippen LogP contribution in [0, 0.1) is 0 Å². The highest BCUT2D eigenvalue weighted by Gasteiger charge is 2.27. The quantitative estimate of drug-likeness (QED) is 0.573. The van der Waals surface area contributed by atoms with Crippen molar-refractivity contribution >= 4 is 28.1 Å². The standard InChI is InChI=1S/C18H17BrN2O5/c1-2-24-15-8-12(19)7-11(17(15)22)9-20-21-18(23)16-10-25-13-5-3-4-6-14(13)26-16/h3-9,16,22H,2,10H2,1H3,(H,21,23). The van der Waals surface area contributed by atoms with Gasteiger partial charge in [0.2, 0.25) is 6.10 Å². The fraction of sp³-hybridized carbons (Fsp3) is 0.222. The molecule has 0 radical (unpaired) electrons. The van der Waals surface area contributed by atoms with Gasteiger partial charge in [-0.1, -0.05) is 28.1 Å². The molecule has 8 heteroatoms. The summed E-state index contributed by atoms with van der Waals surface area (Å²) in [7, 11) is 0. The third kappa shape index (κ3) is 4.08. The highest BCUT2D eigenvalue weighted by molar-refractivity contribution is 9.10. The van der Waals surface area contributed by atoms with Gasteiger partial charge in [0.1, 0.15) is 6.61 Å². The van der Waals surface area contributed by atoms with Crippen LogP contribution in [-0.4, -0.2) is 36.5 Å². The molecule has 1 amide bonds. The average molecular weight is 421 g/mol. The van der Waals surface area contributed by atoms with E-state index in [1.807, 2.05) is 13.0 Å². The number of para-hydroxylation sites is 2. The minimum absolute atomic E-state index is 0.0563. The lowest BCUT2D eigenvalue weighted by atomic mass is 10.2. The van der Waals surface area contributed by atoms with Gasteiger partial charge in [0.05, 0.1) is 12.8 Å². The largest absolute Gasteiger partial charge is 0.504 e. The lowest BCUT2D eigenvalue weighted by Crippen LogP contribution is -2.42. The lowest BCUT2D eigenvalue weighted by molar-refractivity contribution is -0.130. The second-order valence-corrected chi connectivity index (χ2v) is 6.29. The van der Waals surface area contributed by atoms with Crippen molar-refractivity contribution < 1.29 is 24.1 Å². The zero-order chi connectivity index (χ0) is 18.5. The van der Waals surface area contributed by atoms with Crippen LogP contribution in [0.2, 0.25) is 0 Å². The Morgan fingerprint density at radius 2 is 2.19 bits per heavy atom. The van der Waals surface area contributed by atoms with E-state index in [-0.39, 0.29) is 12.4 Å². The van der Waals surface area contributed by atoms with E-state index in [1.165, 1.54) is 6.21 Å². The second-order valence-electron chi connectivity index (χ2n) is 5.37. The van der Waals surface area contributed by atoms with Gasteiger partial charge in [-0.25, -0.2) is 5.43 Å². The molecule has 3 rings (SSSR count). The van der Waals surface area contributed by atoms with Crippen molar-refractivity contribution in [3.8, 4) is 23.0 Å². The van der Waals surface area contributed by atoms with Gasteiger partial charge >= 0.3 is 0 Å². The number of hydrogen-bond donors (Lipinski definition) is 2. The predicted molar refractivity (Wildman–Crippen MR) is 99.1 cm³/mol. The molecule has 1 unspecified atom stereocenters. The molecule has 0 saturated heterocycles. The summed E-state index contributed by atoms with van der Waals surface area (Å²) in [5.74, 6) is 0.932. The Morgan fingerprint density at radius 3 is 2.96 bits per heavy atom. The second kappa shape index (κ2) is 8.09. The summed E-state index contributed by atoms with van der Waals surface area (Å²) in [4.78, 5) is 12.2. The Kier molecular flexibility index (Phi) is 5.62. The van der Waals surface area contributed by atoms with Crippen molar-refractivity contribution in [2.75, 3.05) is 13.2 Å². The molecule has 26 heavy (non-hydrogen) atoms. The van der Waals surface area contributed by atoms with E-state index in [9.17, 15) is 9.90 Å². The first-order valence-corrected chi connectivity index (χ1v) is 8.74. The van der Waals surface area contributed by atoms with E-state index < -0.39 is 12.0 Å². The van der Waals surface area contributed by atoms with E-state index >= 15 is 0 Å². The number of phenolic OH excluding ortho intramolecular Hbond substituents is 1. The minimum atomic E-state index is -0.808. The number of halogens is 1. The number of phenols is 1. The molecule has 2 N–H and O–H groups in total. The molecule has 1 atom stereocenters. The Balaban J connectivity index is 1.65. The van der Waals surface area contributed by atoms with Gasteiger partial charge in [0.15, 0.2) is 23.0 Å². The zero-order valence-electron chi connectivity index (χ0n) is 13.9. The van der Waals surface area contributed by atoms with Crippen molar-refractivity contribution in [3.05, 3.63) is 46.4 Å². The number of ether oxygens (including phenoxy) is 3. The van der Waals surface area contributed by atoms with E-state index in [0.29, 0.717) is 33.9 Å². The summed E-state index contributed by atoms with van der Waals surface area (Å²) in [6.45, 7) is 2.32. The van der Waals surface area contributed by atoms with E-state index in [2.05, 4.69) is 26.5 Å². The van der Waals surface area contributed by atoms with Crippen LogP contribution in [0.1, 0.15) is 12.5 Å². The summed E-state index contributed by atoms with van der Waals surface area (Å²) in [5, 5.41) is 14.1. The highest BCUT2D eigenvalue weighted by Crippen LogP contribution is 2.33. The van der Waals surface area contributed by atoms with Gasteiger partial charge in [-0.2, -0.15) is 5.10 Å². The molecule has 2 aromatic rings. The van der Waals surface area contributed by atoms with Crippen LogP contribution in [0.25, 0.3) is 0 Å². The topological polar surface area (TPSA) is 89.4 Å². The first-order valence-electron chi connectivity index (χ1n) is 7.95. The van der Waals surface area contributed by atoms with Crippen molar-refractivity contribution in [2.45, 2.75) is 13.0 Å². The molecule has 2 aromatic carbocycles. The Morgan fingerprint density at radius 1 is 1.42 bits per heavy atom. The molecule has 0 aliphatic carbocycles. The van der Waals surface area contributed by atoms with Gasteiger partial charge in [-0.05, 0) is 31.2 Å². The van der Waals surface area contributed by atoms with E-state index in [0.717, 1.165) is 0 Å². The molecule has 0 saturated carbocycles. The molecule has 0 fully saturated rings. The van der Waals surface area contributed by atoms with E-state index in [4.69, 9.17) is 14.2 Å². The number of nitrogens with one attached hydrogen (secondary N) is 1. The van der Waals surface area contributed by atoms with Crippen LogP contribution in [0.4, 0.5) is 0 Å². The summed E-state index contributed by atoms with van der Waals surface area (Å²) in [6, 6.07) is 10.4.